The molecule has 2 N–H and O–H groups in total. The monoisotopic (exact) mass is 246 g/mol. The summed E-state index contributed by atoms with van der Waals surface area (Å²) in [5, 5.41) is 0. The van der Waals surface area contributed by atoms with Crippen LogP contribution in [0.4, 0.5) is 5.69 Å². The quantitative estimate of drug-likeness (QED) is 0.823. The third-order valence-electron chi connectivity index (χ3n) is 3.47. The number of carbonyl (C=O) groups excluding carboxylic acids is 2. The zero-order chi connectivity index (χ0) is 13.3. The molecule has 1 aromatic rings. The molecule has 4 heteroatoms. The lowest BCUT2D eigenvalue weighted by Gasteiger charge is -2.24. The summed E-state index contributed by atoms with van der Waals surface area (Å²) in [6.07, 6.45) is 0.629. The molecule has 1 aliphatic rings. The van der Waals surface area contributed by atoms with E-state index in [-0.39, 0.29) is 17.2 Å². The predicted molar refractivity (Wildman–Crippen MR) is 70.2 cm³/mol. The van der Waals surface area contributed by atoms with Gasteiger partial charge < -0.3 is 5.73 Å². The summed E-state index contributed by atoms with van der Waals surface area (Å²) >= 11 is 0. The van der Waals surface area contributed by atoms with Crippen molar-refractivity contribution in [2.75, 3.05) is 11.4 Å². The molecule has 1 saturated heterocycles. The SMILES string of the molecule is CC(C)(CN)c1ccc(N2C(=O)CCC2=O)cc1. The van der Waals surface area contributed by atoms with Crippen molar-refractivity contribution >= 4 is 17.5 Å². The van der Waals surface area contributed by atoms with Crippen LogP contribution in [0.1, 0.15) is 32.3 Å². The zero-order valence-corrected chi connectivity index (χ0v) is 10.8. The van der Waals surface area contributed by atoms with Gasteiger partial charge in [-0.2, -0.15) is 0 Å². The molecule has 0 bridgehead atoms. The van der Waals surface area contributed by atoms with E-state index in [1.165, 1.54) is 4.90 Å². The van der Waals surface area contributed by atoms with Crippen LogP contribution in [-0.4, -0.2) is 18.4 Å². The smallest absolute Gasteiger partial charge is 0.234 e. The summed E-state index contributed by atoms with van der Waals surface area (Å²) in [6, 6.07) is 7.49. The largest absolute Gasteiger partial charge is 0.330 e. The maximum absolute atomic E-state index is 11.6. The Morgan fingerprint density at radius 3 is 2.06 bits per heavy atom. The molecular formula is C14H18N2O2. The molecular weight excluding hydrogens is 228 g/mol. The average Bonchev–Trinajstić information content (AvgIpc) is 2.69. The summed E-state index contributed by atoms with van der Waals surface area (Å²) < 4.78 is 0. The molecule has 18 heavy (non-hydrogen) atoms. The highest BCUT2D eigenvalue weighted by molar-refractivity contribution is 6.19. The van der Waals surface area contributed by atoms with E-state index in [4.69, 9.17) is 5.73 Å². The maximum atomic E-state index is 11.6. The lowest BCUT2D eigenvalue weighted by atomic mass is 9.85. The van der Waals surface area contributed by atoms with E-state index < -0.39 is 0 Å². The Balaban J connectivity index is 2.28. The van der Waals surface area contributed by atoms with Crippen LogP contribution in [0.3, 0.4) is 0 Å². The molecule has 1 aromatic carbocycles. The minimum absolute atomic E-state index is 0.0996. The molecule has 0 atom stereocenters. The Labute approximate surface area is 107 Å². The van der Waals surface area contributed by atoms with Crippen molar-refractivity contribution in [3.05, 3.63) is 29.8 Å². The highest BCUT2D eigenvalue weighted by Gasteiger charge is 2.30. The second-order valence-electron chi connectivity index (χ2n) is 5.26. The second-order valence-corrected chi connectivity index (χ2v) is 5.26. The Kier molecular flexibility index (Phi) is 3.22. The van der Waals surface area contributed by atoms with Crippen LogP contribution in [-0.2, 0) is 15.0 Å². The van der Waals surface area contributed by atoms with E-state index in [9.17, 15) is 9.59 Å². The van der Waals surface area contributed by atoms with Gasteiger partial charge in [0.1, 0.15) is 0 Å². The van der Waals surface area contributed by atoms with Gasteiger partial charge in [0.05, 0.1) is 5.69 Å². The van der Waals surface area contributed by atoms with Gasteiger partial charge in [0, 0.05) is 24.8 Å². The fourth-order valence-electron chi connectivity index (χ4n) is 2.04. The van der Waals surface area contributed by atoms with Gasteiger partial charge in [-0.3, -0.25) is 14.5 Å². The van der Waals surface area contributed by atoms with Crippen molar-refractivity contribution in [1.29, 1.82) is 0 Å². The van der Waals surface area contributed by atoms with Gasteiger partial charge in [-0.15, -0.1) is 0 Å². The number of nitrogens with two attached hydrogens (primary N) is 1. The number of imide groups is 1. The van der Waals surface area contributed by atoms with E-state index in [0.29, 0.717) is 25.1 Å². The molecule has 0 unspecified atom stereocenters. The zero-order valence-electron chi connectivity index (χ0n) is 10.8. The second kappa shape index (κ2) is 4.53. The topological polar surface area (TPSA) is 63.4 Å². The number of amides is 2. The molecule has 0 saturated carbocycles. The Hall–Kier alpha value is -1.68. The van der Waals surface area contributed by atoms with Crippen LogP contribution in [0, 0.1) is 0 Å². The van der Waals surface area contributed by atoms with Gasteiger partial charge in [-0.25, -0.2) is 0 Å². The fourth-order valence-corrected chi connectivity index (χ4v) is 2.04. The van der Waals surface area contributed by atoms with Gasteiger partial charge >= 0.3 is 0 Å². The van der Waals surface area contributed by atoms with Gasteiger partial charge in [0.25, 0.3) is 0 Å². The number of nitrogens with zero attached hydrogens (tertiary/aromatic N) is 1. The molecule has 96 valence electrons. The number of hydrogen-bond donors (Lipinski definition) is 1. The highest BCUT2D eigenvalue weighted by Crippen LogP contribution is 2.27. The molecule has 2 rings (SSSR count). The van der Waals surface area contributed by atoms with Crippen LogP contribution in [0.5, 0.6) is 0 Å². The van der Waals surface area contributed by atoms with Gasteiger partial charge in [0.15, 0.2) is 0 Å². The Morgan fingerprint density at radius 2 is 1.61 bits per heavy atom. The maximum Gasteiger partial charge on any atom is 0.234 e. The summed E-state index contributed by atoms with van der Waals surface area (Å²) in [5.41, 5.74) is 7.38. The number of rotatable bonds is 3. The predicted octanol–water partition coefficient (Wildman–Crippen LogP) is 1.58. The average molecular weight is 246 g/mol. The first-order valence-corrected chi connectivity index (χ1v) is 6.12. The van der Waals surface area contributed by atoms with Crippen molar-refractivity contribution in [3.8, 4) is 0 Å². The van der Waals surface area contributed by atoms with Gasteiger partial charge in [0.2, 0.25) is 11.8 Å². The third-order valence-corrected chi connectivity index (χ3v) is 3.47. The Morgan fingerprint density at radius 1 is 1.11 bits per heavy atom. The molecule has 1 heterocycles. The minimum Gasteiger partial charge on any atom is -0.330 e. The van der Waals surface area contributed by atoms with Gasteiger partial charge in [-0.05, 0) is 17.7 Å². The van der Waals surface area contributed by atoms with Crippen LogP contribution in [0.25, 0.3) is 0 Å². The summed E-state index contributed by atoms with van der Waals surface area (Å²) in [5.74, 6) is -0.239. The van der Waals surface area contributed by atoms with Crippen molar-refractivity contribution in [1.82, 2.24) is 0 Å². The van der Waals surface area contributed by atoms with Crippen molar-refractivity contribution in [3.63, 3.8) is 0 Å². The lowest BCUT2D eigenvalue weighted by molar-refractivity contribution is -0.121. The van der Waals surface area contributed by atoms with E-state index >= 15 is 0 Å². The summed E-state index contributed by atoms with van der Waals surface area (Å²) in [4.78, 5) is 24.5. The van der Waals surface area contributed by atoms with E-state index in [1.54, 1.807) is 0 Å². The van der Waals surface area contributed by atoms with Crippen molar-refractivity contribution in [2.45, 2.75) is 32.1 Å². The first kappa shape index (κ1) is 12.8. The van der Waals surface area contributed by atoms with Crippen molar-refractivity contribution < 1.29 is 9.59 Å². The molecule has 4 nitrogen and oxygen atoms in total. The number of hydrogen-bond acceptors (Lipinski definition) is 3. The highest BCUT2D eigenvalue weighted by atomic mass is 16.2. The molecule has 0 radical (unpaired) electrons. The summed E-state index contributed by atoms with van der Waals surface area (Å²) in [6.45, 7) is 4.68. The third kappa shape index (κ3) is 2.16. The van der Waals surface area contributed by atoms with Crippen LogP contribution < -0.4 is 10.6 Å². The van der Waals surface area contributed by atoms with Crippen LogP contribution >= 0.6 is 0 Å². The minimum atomic E-state index is -0.120. The lowest BCUT2D eigenvalue weighted by Crippen LogP contribution is -2.30. The van der Waals surface area contributed by atoms with E-state index in [2.05, 4.69) is 13.8 Å². The normalized spacial score (nSPS) is 16.5. The molecule has 1 fully saturated rings. The number of benzene rings is 1. The number of carbonyl (C=O) groups is 2. The van der Waals surface area contributed by atoms with Crippen LogP contribution in [0.2, 0.25) is 0 Å². The van der Waals surface area contributed by atoms with E-state index in [0.717, 1.165) is 5.56 Å². The molecule has 0 aromatic heterocycles. The van der Waals surface area contributed by atoms with E-state index in [1.807, 2.05) is 24.3 Å². The molecule has 1 aliphatic heterocycles. The molecule has 0 spiro atoms. The standard InChI is InChI=1S/C14H18N2O2/c1-14(2,9-15)10-3-5-11(6-4-10)16-12(17)7-8-13(16)18/h3-6H,7-9,15H2,1-2H3. The summed E-state index contributed by atoms with van der Waals surface area (Å²) in [7, 11) is 0. The molecule has 0 aliphatic carbocycles. The van der Waals surface area contributed by atoms with Gasteiger partial charge in [-0.1, -0.05) is 26.0 Å². The first-order valence-electron chi connectivity index (χ1n) is 6.12. The molecule has 2 amide bonds. The fraction of sp³-hybridized carbons (Fsp3) is 0.429. The first-order chi connectivity index (χ1) is 8.45. The Bertz CT molecular complexity index is 461. The number of anilines is 1. The van der Waals surface area contributed by atoms with Crippen LogP contribution in [0.15, 0.2) is 24.3 Å². The van der Waals surface area contributed by atoms with Crippen molar-refractivity contribution in [2.24, 2.45) is 5.73 Å².